The lowest BCUT2D eigenvalue weighted by Crippen LogP contribution is -2.74. The number of carboxylic acid groups (broad SMARTS) is 1. The van der Waals surface area contributed by atoms with Crippen LogP contribution in [0.2, 0.25) is 0 Å². The average molecular weight is 523 g/mol. The zero-order valence-corrected chi connectivity index (χ0v) is 19.8. The third-order valence-corrected chi connectivity index (χ3v) is 8.53. The Hall–Kier alpha value is -3.29. The van der Waals surface area contributed by atoms with Crippen molar-refractivity contribution in [2.24, 2.45) is 10.6 Å². The van der Waals surface area contributed by atoms with Gasteiger partial charge in [0.15, 0.2) is 17.5 Å². The highest BCUT2D eigenvalue weighted by molar-refractivity contribution is 8.00. The summed E-state index contributed by atoms with van der Waals surface area (Å²) in [5.74, 6) is 0.650. The molecule has 0 bridgehead atoms. The second-order valence-corrected chi connectivity index (χ2v) is 10.3. The van der Waals surface area contributed by atoms with E-state index in [4.69, 9.17) is 17.0 Å². The van der Waals surface area contributed by atoms with Crippen LogP contribution in [0.5, 0.6) is 0 Å². The van der Waals surface area contributed by atoms with E-state index >= 15 is 0 Å². The Balaban J connectivity index is 1.43. The molecule has 0 radical (unpaired) electrons. The summed E-state index contributed by atoms with van der Waals surface area (Å²) in [5.41, 5.74) is 4.51. The summed E-state index contributed by atoms with van der Waals surface area (Å²) in [4.78, 5) is 48.3. The maximum atomic E-state index is 12.9. The number of nitrogen functional groups attached to an aromatic ring is 1. The predicted octanol–water partition coefficient (Wildman–Crippen LogP) is -0.539. The van der Waals surface area contributed by atoms with Crippen LogP contribution in [0.1, 0.15) is 5.69 Å². The summed E-state index contributed by atoms with van der Waals surface area (Å²) in [6.45, 7) is -0.135. The number of β-lactam (4-membered cyclic amide) rings is 1. The Kier molecular flexibility index (Phi) is 6.95. The number of carboxylic acids is 1. The van der Waals surface area contributed by atoms with Crippen LogP contribution in [0.25, 0.3) is 0 Å². The summed E-state index contributed by atoms with van der Waals surface area (Å²) < 4.78 is 0. The van der Waals surface area contributed by atoms with Crippen molar-refractivity contribution in [1.82, 2.24) is 30.6 Å². The van der Waals surface area contributed by atoms with Crippen LogP contribution in [-0.2, 0) is 19.2 Å². The number of thiazole rings is 1. The number of hydrogen-bond donors (Lipinski definition) is 4. The maximum absolute atomic E-state index is 12.9. The summed E-state index contributed by atoms with van der Waals surface area (Å²) >= 11 is 3.68. The number of fused-ring (bicyclic) bond motifs is 1. The normalized spacial score (nSPS) is 24.0. The number of thioether (sulfide) groups is 2. The van der Waals surface area contributed by atoms with Gasteiger partial charge in [-0.05, 0) is 0 Å². The number of amides is 2. The minimum absolute atomic E-state index is 0.0224. The number of nitrogens with zero attached hydrogens (tertiary/aromatic N) is 5. The maximum Gasteiger partial charge on any atom is 0.313 e. The van der Waals surface area contributed by atoms with E-state index in [1.165, 1.54) is 40.0 Å². The van der Waals surface area contributed by atoms with E-state index in [2.05, 4.69) is 36.8 Å². The van der Waals surface area contributed by atoms with Gasteiger partial charge in [-0.1, -0.05) is 16.3 Å². The van der Waals surface area contributed by atoms with Crippen molar-refractivity contribution in [1.29, 1.82) is 0 Å². The molecule has 2 fully saturated rings. The topological polar surface area (TPSA) is 189 Å². The number of hydrogen-bond acceptors (Lipinski definition) is 12. The van der Waals surface area contributed by atoms with Crippen molar-refractivity contribution < 1.29 is 24.3 Å². The van der Waals surface area contributed by atoms with Crippen LogP contribution < -0.4 is 11.1 Å². The van der Waals surface area contributed by atoms with Crippen molar-refractivity contribution in [3.05, 3.63) is 17.3 Å². The van der Waals surface area contributed by atoms with Gasteiger partial charge in [-0.3, -0.25) is 19.5 Å². The molecule has 2 aromatic heterocycles. The Labute approximate surface area is 205 Å². The van der Waals surface area contributed by atoms with Crippen LogP contribution in [-0.4, -0.2) is 90.0 Å². The summed E-state index contributed by atoms with van der Waals surface area (Å²) in [7, 11) is 0. The van der Waals surface area contributed by atoms with E-state index in [9.17, 15) is 19.5 Å². The number of anilines is 1. The van der Waals surface area contributed by atoms with Gasteiger partial charge in [0.25, 0.3) is 5.91 Å². The molecule has 3 atom stereocenters. The number of rotatable bonds is 9. The van der Waals surface area contributed by atoms with E-state index < -0.39 is 28.7 Å². The van der Waals surface area contributed by atoms with E-state index in [1.807, 2.05) is 0 Å². The number of carbonyl (C=O) groups is 3. The van der Waals surface area contributed by atoms with E-state index in [1.54, 1.807) is 0 Å². The third-order valence-electron chi connectivity index (χ3n) is 5.07. The summed E-state index contributed by atoms with van der Waals surface area (Å²) in [5, 5.41) is 28.3. The molecule has 0 saturated carbocycles. The number of carbonyl (C=O) groups excluding carboxylic acids is 2. The standard InChI is InChI=1S/C18H18N8O5S3/c1-2-3-31-24-11(9-5-32-17(19)21-9)13(27)22-12-14(28)26-6-18(16(29)30,8-34-15(12)26)7-33-10-4-20-25-23-10/h1,4-5,12,15H,3,6-8H2,(H2,19,21)(H,22,27)(H,29,30)(H,20,23,25)/t12?,15-,18?/m1/s1. The zero-order valence-electron chi connectivity index (χ0n) is 17.3. The van der Waals surface area contributed by atoms with E-state index in [-0.39, 0.29) is 47.1 Å². The average Bonchev–Trinajstić information content (AvgIpc) is 3.50. The third kappa shape index (κ3) is 4.67. The van der Waals surface area contributed by atoms with Crippen LogP contribution in [0, 0.1) is 17.8 Å². The molecule has 4 heterocycles. The number of nitrogens with one attached hydrogen (secondary N) is 2. The first-order valence-electron chi connectivity index (χ1n) is 9.64. The van der Waals surface area contributed by atoms with Gasteiger partial charge in [0, 0.05) is 23.4 Å². The lowest BCUT2D eigenvalue weighted by molar-refractivity contribution is -0.157. The molecule has 0 spiro atoms. The molecule has 2 amide bonds. The van der Waals surface area contributed by atoms with Gasteiger partial charge in [0.2, 0.25) is 5.91 Å². The van der Waals surface area contributed by atoms with Crippen LogP contribution in [0.3, 0.4) is 0 Å². The highest BCUT2D eigenvalue weighted by Crippen LogP contribution is 2.44. The Morgan fingerprint density at radius 1 is 1.56 bits per heavy atom. The van der Waals surface area contributed by atoms with E-state index in [0.717, 1.165) is 11.3 Å². The molecule has 4 rings (SSSR count). The molecule has 5 N–H and O–H groups in total. The minimum Gasteiger partial charge on any atom is -0.481 e. The number of H-pyrrole nitrogens is 1. The monoisotopic (exact) mass is 522 g/mol. The lowest BCUT2D eigenvalue weighted by atomic mass is 9.89. The second-order valence-electron chi connectivity index (χ2n) is 7.30. The molecule has 2 saturated heterocycles. The van der Waals surface area contributed by atoms with Crippen LogP contribution in [0.15, 0.2) is 21.8 Å². The molecule has 178 valence electrons. The molecule has 16 heteroatoms. The Morgan fingerprint density at radius 3 is 3.03 bits per heavy atom. The molecular weight excluding hydrogens is 504 g/mol. The Morgan fingerprint density at radius 2 is 2.38 bits per heavy atom. The zero-order chi connectivity index (χ0) is 24.3. The van der Waals surface area contributed by atoms with Gasteiger partial charge >= 0.3 is 5.97 Å². The predicted molar refractivity (Wildman–Crippen MR) is 125 cm³/mol. The molecule has 2 aliphatic heterocycles. The molecule has 13 nitrogen and oxygen atoms in total. The quantitative estimate of drug-likeness (QED) is 0.0826. The molecule has 2 aromatic rings. The van der Waals surface area contributed by atoms with Gasteiger partial charge in [-0.15, -0.1) is 46.4 Å². The fourth-order valence-corrected chi connectivity index (χ4v) is 6.52. The number of aromatic amines is 1. The Bertz CT molecular complexity index is 1160. The van der Waals surface area contributed by atoms with Gasteiger partial charge in [0.05, 0.1) is 6.20 Å². The molecule has 0 aliphatic carbocycles. The van der Waals surface area contributed by atoms with Gasteiger partial charge < -0.3 is 25.9 Å². The highest BCUT2D eigenvalue weighted by Gasteiger charge is 2.57. The van der Waals surface area contributed by atoms with Crippen molar-refractivity contribution >= 4 is 63.5 Å². The van der Waals surface area contributed by atoms with Gasteiger partial charge in [-0.25, -0.2) is 4.98 Å². The molecule has 34 heavy (non-hydrogen) atoms. The number of oxime groups is 1. The van der Waals surface area contributed by atoms with Crippen molar-refractivity contribution in [2.75, 3.05) is 30.4 Å². The minimum atomic E-state index is -1.16. The second kappa shape index (κ2) is 9.91. The first kappa shape index (κ1) is 23.9. The fourth-order valence-electron chi connectivity index (χ4n) is 3.32. The van der Waals surface area contributed by atoms with Crippen molar-refractivity contribution in [2.45, 2.75) is 16.4 Å². The van der Waals surface area contributed by atoms with Crippen LogP contribution >= 0.6 is 34.9 Å². The van der Waals surface area contributed by atoms with Crippen LogP contribution in [0.4, 0.5) is 5.13 Å². The summed E-state index contributed by atoms with van der Waals surface area (Å²) in [6, 6.07) is -0.845. The smallest absolute Gasteiger partial charge is 0.313 e. The van der Waals surface area contributed by atoms with Gasteiger partial charge in [0.1, 0.15) is 27.6 Å². The molecule has 0 aromatic carbocycles. The fraction of sp³-hybridized carbons (Fsp3) is 0.389. The molecule has 2 unspecified atom stereocenters. The SMILES string of the molecule is C#CCON=C(C(=O)NC1C(=O)N2CC(CSc3cnn[nH]3)(C(=O)O)CS[C@H]12)c1csc(N)n1. The number of terminal acetylenes is 1. The molecular formula is C18H18N8O5S3. The summed E-state index contributed by atoms with van der Waals surface area (Å²) in [6.07, 6.45) is 6.65. The lowest BCUT2D eigenvalue weighted by Gasteiger charge is -2.53. The first-order chi connectivity index (χ1) is 16.3. The highest BCUT2D eigenvalue weighted by atomic mass is 32.2. The number of nitrogens with two attached hydrogens (primary N) is 1. The van der Waals surface area contributed by atoms with Crippen molar-refractivity contribution in [3.8, 4) is 12.3 Å². The van der Waals surface area contributed by atoms with Crippen molar-refractivity contribution in [3.63, 3.8) is 0 Å². The number of aliphatic carboxylic acids is 1. The largest absolute Gasteiger partial charge is 0.481 e. The molecule has 2 aliphatic rings. The van der Waals surface area contributed by atoms with E-state index in [0.29, 0.717) is 5.03 Å². The first-order valence-corrected chi connectivity index (χ1v) is 12.6. The number of aromatic nitrogens is 4. The van der Waals surface area contributed by atoms with Gasteiger partial charge in [-0.2, -0.15) is 0 Å².